The number of nitrogens with two attached hydrogens (primary N) is 1. The van der Waals surface area contributed by atoms with Crippen LogP contribution >= 0.6 is 11.6 Å². The van der Waals surface area contributed by atoms with Gasteiger partial charge in [-0.05, 0) is 31.0 Å². The highest BCUT2D eigenvalue weighted by atomic mass is 35.5. The standard InChI is InChI=1S/C13H17ClN2O/c14-12-6-2-1-4-10(12)8-16-7-3-5-11(9-16)13(15)17/h1-2,4,6,11H,3,5,7-9H2,(H2,15,17). The average molecular weight is 253 g/mol. The van der Waals surface area contributed by atoms with E-state index in [1.807, 2.05) is 24.3 Å². The van der Waals surface area contributed by atoms with Crippen molar-refractivity contribution in [2.75, 3.05) is 13.1 Å². The summed E-state index contributed by atoms with van der Waals surface area (Å²) in [7, 11) is 0. The van der Waals surface area contributed by atoms with Gasteiger partial charge in [0.2, 0.25) is 5.91 Å². The van der Waals surface area contributed by atoms with Crippen LogP contribution in [0, 0.1) is 5.92 Å². The largest absolute Gasteiger partial charge is 0.369 e. The Hall–Kier alpha value is -1.06. The van der Waals surface area contributed by atoms with Crippen molar-refractivity contribution >= 4 is 17.5 Å². The van der Waals surface area contributed by atoms with Crippen molar-refractivity contribution < 1.29 is 4.79 Å². The van der Waals surface area contributed by atoms with Crippen LogP contribution in [0.25, 0.3) is 0 Å². The molecule has 0 aliphatic carbocycles. The van der Waals surface area contributed by atoms with E-state index in [9.17, 15) is 4.79 Å². The molecule has 0 bridgehead atoms. The molecule has 1 aliphatic rings. The topological polar surface area (TPSA) is 46.3 Å². The van der Waals surface area contributed by atoms with E-state index in [0.717, 1.165) is 43.1 Å². The van der Waals surface area contributed by atoms with Crippen LogP contribution in [0.5, 0.6) is 0 Å². The van der Waals surface area contributed by atoms with E-state index in [1.54, 1.807) is 0 Å². The predicted octanol–water partition coefficient (Wildman–Crippen LogP) is 2.04. The highest BCUT2D eigenvalue weighted by molar-refractivity contribution is 6.31. The van der Waals surface area contributed by atoms with Gasteiger partial charge in [0.1, 0.15) is 0 Å². The summed E-state index contributed by atoms with van der Waals surface area (Å²) in [4.78, 5) is 13.4. The molecule has 4 heteroatoms. The molecule has 1 aromatic rings. The van der Waals surface area contributed by atoms with Gasteiger partial charge in [0, 0.05) is 18.1 Å². The van der Waals surface area contributed by atoms with Crippen molar-refractivity contribution in [1.29, 1.82) is 0 Å². The average Bonchev–Trinajstić information content (AvgIpc) is 2.32. The zero-order chi connectivity index (χ0) is 12.3. The lowest BCUT2D eigenvalue weighted by molar-refractivity contribution is -0.123. The molecule has 0 radical (unpaired) electrons. The van der Waals surface area contributed by atoms with Gasteiger partial charge < -0.3 is 5.73 Å². The monoisotopic (exact) mass is 252 g/mol. The first-order chi connectivity index (χ1) is 8.16. The second-order valence-electron chi connectivity index (χ2n) is 4.57. The molecule has 0 spiro atoms. The molecule has 92 valence electrons. The van der Waals surface area contributed by atoms with E-state index >= 15 is 0 Å². The second kappa shape index (κ2) is 5.52. The molecule has 2 rings (SSSR count). The number of carbonyl (C=O) groups excluding carboxylic acids is 1. The fraction of sp³-hybridized carbons (Fsp3) is 0.462. The van der Waals surface area contributed by atoms with Crippen LogP contribution in [-0.2, 0) is 11.3 Å². The SMILES string of the molecule is NC(=O)C1CCCN(Cc2ccccc2Cl)C1. The Bertz CT molecular complexity index is 408. The molecule has 1 fully saturated rings. The van der Waals surface area contributed by atoms with Gasteiger partial charge >= 0.3 is 0 Å². The Morgan fingerprint density at radius 1 is 1.47 bits per heavy atom. The van der Waals surface area contributed by atoms with Crippen LogP contribution < -0.4 is 5.73 Å². The van der Waals surface area contributed by atoms with Crippen molar-refractivity contribution in [3.63, 3.8) is 0 Å². The van der Waals surface area contributed by atoms with Crippen LogP contribution in [0.4, 0.5) is 0 Å². The highest BCUT2D eigenvalue weighted by Crippen LogP contribution is 2.21. The van der Waals surface area contributed by atoms with Gasteiger partial charge in [0.05, 0.1) is 5.92 Å². The molecular formula is C13H17ClN2O. The zero-order valence-electron chi connectivity index (χ0n) is 9.73. The molecule has 1 aliphatic heterocycles. The molecule has 0 aromatic heterocycles. The summed E-state index contributed by atoms with van der Waals surface area (Å²) < 4.78 is 0. The maximum atomic E-state index is 11.2. The molecule has 17 heavy (non-hydrogen) atoms. The molecule has 1 heterocycles. The van der Waals surface area contributed by atoms with Gasteiger partial charge in [-0.2, -0.15) is 0 Å². The Kier molecular flexibility index (Phi) is 4.02. The summed E-state index contributed by atoms with van der Waals surface area (Å²) in [5.41, 5.74) is 6.47. The normalized spacial score (nSPS) is 21.4. The quantitative estimate of drug-likeness (QED) is 0.895. The number of halogens is 1. The van der Waals surface area contributed by atoms with E-state index in [2.05, 4.69) is 4.90 Å². The Balaban J connectivity index is 1.99. The molecule has 1 aromatic carbocycles. The van der Waals surface area contributed by atoms with Gasteiger partial charge in [0.25, 0.3) is 0 Å². The summed E-state index contributed by atoms with van der Waals surface area (Å²) in [6, 6.07) is 7.83. The number of hydrogen-bond donors (Lipinski definition) is 1. The number of rotatable bonds is 3. The van der Waals surface area contributed by atoms with Gasteiger partial charge in [-0.1, -0.05) is 29.8 Å². The highest BCUT2D eigenvalue weighted by Gasteiger charge is 2.24. The summed E-state index contributed by atoms with van der Waals surface area (Å²) in [6.07, 6.45) is 1.94. The minimum atomic E-state index is -0.186. The van der Waals surface area contributed by atoms with Gasteiger partial charge in [-0.25, -0.2) is 0 Å². The molecule has 1 atom stereocenters. The maximum Gasteiger partial charge on any atom is 0.221 e. The third kappa shape index (κ3) is 3.20. The van der Waals surface area contributed by atoms with Gasteiger partial charge in [0.15, 0.2) is 0 Å². The molecular weight excluding hydrogens is 236 g/mol. The van der Waals surface area contributed by atoms with E-state index in [-0.39, 0.29) is 11.8 Å². The fourth-order valence-electron chi connectivity index (χ4n) is 2.30. The molecule has 1 saturated heterocycles. The third-order valence-electron chi connectivity index (χ3n) is 3.26. The lowest BCUT2D eigenvalue weighted by Gasteiger charge is -2.31. The van der Waals surface area contributed by atoms with Crippen molar-refractivity contribution in [3.8, 4) is 0 Å². The van der Waals surface area contributed by atoms with Crippen molar-refractivity contribution in [2.24, 2.45) is 11.7 Å². The Morgan fingerprint density at radius 2 is 2.24 bits per heavy atom. The van der Waals surface area contributed by atoms with E-state index in [4.69, 9.17) is 17.3 Å². The molecule has 1 amide bonds. The van der Waals surface area contributed by atoms with Crippen molar-refractivity contribution in [2.45, 2.75) is 19.4 Å². The summed E-state index contributed by atoms with van der Waals surface area (Å²) >= 11 is 6.12. The van der Waals surface area contributed by atoms with Crippen molar-refractivity contribution in [1.82, 2.24) is 4.90 Å². The fourth-order valence-corrected chi connectivity index (χ4v) is 2.49. The first kappa shape index (κ1) is 12.4. The summed E-state index contributed by atoms with van der Waals surface area (Å²) in [5, 5.41) is 0.786. The van der Waals surface area contributed by atoms with Crippen LogP contribution in [0.15, 0.2) is 24.3 Å². The number of hydrogen-bond acceptors (Lipinski definition) is 2. The van der Waals surface area contributed by atoms with E-state index in [1.165, 1.54) is 0 Å². The minimum absolute atomic E-state index is 0.00811. The predicted molar refractivity (Wildman–Crippen MR) is 68.6 cm³/mol. The number of likely N-dealkylation sites (tertiary alicyclic amines) is 1. The van der Waals surface area contributed by atoms with E-state index in [0.29, 0.717) is 0 Å². The lowest BCUT2D eigenvalue weighted by atomic mass is 9.97. The zero-order valence-corrected chi connectivity index (χ0v) is 10.5. The number of carbonyl (C=O) groups is 1. The van der Waals surface area contributed by atoms with Crippen LogP contribution in [0.3, 0.4) is 0 Å². The Labute approximate surface area is 107 Å². The number of piperidine rings is 1. The van der Waals surface area contributed by atoms with Gasteiger partial charge in [-0.3, -0.25) is 9.69 Å². The molecule has 0 saturated carbocycles. The van der Waals surface area contributed by atoms with E-state index < -0.39 is 0 Å². The van der Waals surface area contributed by atoms with Crippen molar-refractivity contribution in [3.05, 3.63) is 34.9 Å². The second-order valence-corrected chi connectivity index (χ2v) is 4.98. The molecule has 3 nitrogen and oxygen atoms in total. The number of benzene rings is 1. The van der Waals surface area contributed by atoms with Gasteiger partial charge in [-0.15, -0.1) is 0 Å². The maximum absolute atomic E-state index is 11.2. The van der Waals surface area contributed by atoms with Crippen LogP contribution in [0.2, 0.25) is 5.02 Å². The van der Waals surface area contributed by atoms with Crippen LogP contribution in [-0.4, -0.2) is 23.9 Å². The molecule has 2 N–H and O–H groups in total. The first-order valence-corrected chi connectivity index (χ1v) is 6.29. The number of amides is 1. The molecule has 1 unspecified atom stereocenters. The minimum Gasteiger partial charge on any atom is -0.369 e. The first-order valence-electron chi connectivity index (χ1n) is 5.92. The lowest BCUT2D eigenvalue weighted by Crippen LogP contribution is -2.40. The summed E-state index contributed by atoms with van der Waals surface area (Å²) in [6.45, 7) is 2.55. The third-order valence-corrected chi connectivity index (χ3v) is 3.63. The smallest absolute Gasteiger partial charge is 0.221 e. The number of nitrogens with zero attached hydrogens (tertiary/aromatic N) is 1. The van der Waals surface area contributed by atoms with Crippen LogP contribution in [0.1, 0.15) is 18.4 Å². The summed E-state index contributed by atoms with van der Waals surface area (Å²) in [5.74, 6) is -0.194. The Morgan fingerprint density at radius 3 is 2.94 bits per heavy atom. The number of primary amides is 1.